The summed E-state index contributed by atoms with van der Waals surface area (Å²) >= 11 is 1.79. The molecule has 0 saturated heterocycles. The molecule has 1 aromatic rings. The van der Waals surface area contributed by atoms with Crippen molar-refractivity contribution in [3.8, 4) is 0 Å². The summed E-state index contributed by atoms with van der Waals surface area (Å²) in [6.07, 6.45) is 36.4. The van der Waals surface area contributed by atoms with E-state index in [1.54, 1.807) is 11.3 Å². The van der Waals surface area contributed by atoms with Gasteiger partial charge in [-0.25, -0.2) is 4.98 Å². The zero-order valence-corrected chi connectivity index (χ0v) is 25.5. The maximum absolute atomic E-state index is 13.9. The van der Waals surface area contributed by atoms with Crippen molar-refractivity contribution in [3.05, 3.63) is 15.6 Å². The Labute approximate surface area is 239 Å². The molecule has 0 unspecified atom stereocenters. The van der Waals surface area contributed by atoms with E-state index in [1.807, 2.05) is 0 Å². The summed E-state index contributed by atoms with van der Waals surface area (Å²) in [5.41, 5.74) is 1.13. The predicted molar refractivity (Wildman–Crippen MR) is 163 cm³/mol. The standard InChI is InChI=1S/C34H58N2OS/c37-34-32-31(35-33(38-32)29-23-19-15-11-7-5-6-8-12-16-20-24-29)27-28-36(34)30-25-21-17-13-9-3-1-2-4-10-14-18-22-26-30/h29-30H,1-28H2. The molecule has 1 amide bonds. The molecule has 1 aliphatic heterocycles. The molecule has 216 valence electrons. The molecule has 0 N–H and O–H groups in total. The van der Waals surface area contributed by atoms with E-state index in [-0.39, 0.29) is 0 Å². The quantitative estimate of drug-likeness (QED) is 0.372. The number of carbonyl (C=O) groups excluding carboxylic acids is 1. The van der Waals surface area contributed by atoms with Gasteiger partial charge in [-0.3, -0.25) is 4.79 Å². The average Bonchev–Trinajstić information content (AvgIpc) is 3.36. The molecule has 2 saturated carbocycles. The van der Waals surface area contributed by atoms with E-state index in [0.29, 0.717) is 17.9 Å². The Hall–Kier alpha value is -0.900. The van der Waals surface area contributed by atoms with Gasteiger partial charge in [0.1, 0.15) is 4.88 Å². The second kappa shape index (κ2) is 17.7. The van der Waals surface area contributed by atoms with Crippen LogP contribution in [0.1, 0.15) is 193 Å². The fourth-order valence-corrected chi connectivity index (χ4v) is 8.50. The molecule has 0 spiro atoms. The maximum Gasteiger partial charge on any atom is 0.266 e. The molecular weight excluding hydrogens is 484 g/mol. The fourth-order valence-electron chi connectivity index (χ4n) is 7.26. The third kappa shape index (κ3) is 9.93. The van der Waals surface area contributed by atoms with Gasteiger partial charge in [-0.2, -0.15) is 0 Å². The summed E-state index contributed by atoms with van der Waals surface area (Å²) in [6, 6.07) is 0.441. The van der Waals surface area contributed by atoms with Crippen LogP contribution in [0.3, 0.4) is 0 Å². The van der Waals surface area contributed by atoms with Crippen molar-refractivity contribution in [1.82, 2.24) is 9.88 Å². The normalized spacial score (nSPS) is 24.3. The van der Waals surface area contributed by atoms with Gasteiger partial charge >= 0.3 is 0 Å². The Morgan fingerprint density at radius 1 is 0.553 bits per heavy atom. The van der Waals surface area contributed by atoms with Crippen LogP contribution in [0.25, 0.3) is 0 Å². The summed E-state index contributed by atoms with van der Waals surface area (Å²) in [6.45, 7) is 0.893. The van der Waals surface area contributed by atoms with E-state index in [2.05, 4.69) is 4.90 Å². The van der Waals surface area contributed by atoms with Gasteiger partial charge < -0.3 is 4.90 Å². The average molecular weight is 543 g/mol. The molecule has 2 fully saturated rings. The smallest absolute Gasteiger partial charge is 0.266 e. The topological polar surface area (TPSA) is 33.2 Å². The number of rotatable bonds is 2. The van der Waals surface area contributed by atoms with Gasteiger partial charge in [0.15, 0.2) is 0 Å². The van der Waals surface area contributed by atoms with Crippen molar-refractivity contribution in [3.63, 3.8) is 0 Å². The van der Waals surface area contributed by atoms with Crippen LogP contribution in [0, 0.1) is 0 Å². The first-order chi connectivity index (χ1) is 18.8. The second-order valence-corrected chi connectivity index (χ2v) is 13.9. The second-order valence-electron chi connectivity index (χ2n) is 12.9. The minimum absolute atomic E-state index is 0.322. The summed E-state index contributed by atoms with van der Waals surface area (Å²) in [7, 11) is 0. The number of amides is 1. The molecule has 2 heterocycles. The third-order valence-corrected chi connectivity index (χ3v) is 11.0. The van der Waals surface area contributed by atoms with Crippen LogP contribution in [0.4, 0.5) is 0 Å². The zero-order chi connectivity index (χ0) is 26.3. The maximum atomic E-state index is 13.9. The Morgan fingerprint density at radius 3 is 1.39 bits per heavy atom. The first-order valence-corrected chi connectivity index (χ1v) is 17.9. The lowest BCUT2D eigenvalue weighted by molar-refractivity contribution is 0.0637. The number of aromatic nitrogens is 1. The van der Waals surface area contributed by atoms with E-state index in [1.165, 1.54) is 172 Å². The lowest BCUT2D eigenvalue weighted by Gasteiger charge is -2.34. The Balaban J connectivity index is 1.38. The van der Waals surface area contributed by atoms with Gasteiger partial charge in [0.25, 0.3) is 5.91 Å². The van der Waals surface area contributed by atoms with Gasteiger partial charge in [-0.1, -0.05) is 141 Å². The van der Waals surface area contributed by atoms with Gasteiger partial charge in [0, 0.05) is 24.9 Å². The molecule has 3 aliphatic rings. The number of thiazole rings is 1. The van der Waals surface area contributed by atoms with Crippen LogP contribution in [-0.4, -0.2) is 28.4 Å². The predicted octanol–water partition coefficient (Wildman–Crippen LogP) is 10.8. The minimum atomic E-state index is 0.322. The Bertz CT molecular complexity index is 759. The van der Waals surface area contributed by atoms with Gasteiger partial charge in [0.2, 0.25) is 0 Å². The van der Waals surface area contributed by atoms with Gasteiger partial charge in [-0.05, 0) is 25.7 Å². The van der Waals surface area contributed by atoms with Crippen LogP contribution in [0.5, 0.6) is 0 Å². The summed E-state index contributed by atoms with van der Waals surface area (Å²) < 4.78 is 0. The van der Waals surface area contributed by atoms with Crippen molar-refractivity contribution in [1.29, 1.82) is 0 Å². The summed E-state index contributed by atoms with van der Waals surface area (Å²) in [4.78, 5) is 22.4. The van der Waals surface area contributed by atoms with Crippen LogP contribution in [-0.2, 0) is 6.42 Å². The van der Waals surface area contributed by atoms with Gasteiger partial charge in [-0.15, -0.1) is 11.3 Å². The van der Waals surface area contributed by atoms with Crippen LogP contribution >= 0.6 is 11.3 Å². The van der Waals surface area contributed by atoms with Gasteiger partial charge in [0.05, 0.1) is 10.7 Å². The van der Waals surface area contributed by atoms with Crippen LogP contribution in [0.2, 0.25) is 0 Å². The van der Waals surface area contributed by atoms with Crippen molar-refractivity contribution in [2.24, 2.45) is 0 Å². The third-order valence-electron chi connectivity index (χ3n) is 9.73. The van der Waals surface area contributed by atoms with Crippen LogP contribution in [0.15, 0.2) is 0 Å². The summed E-state index contributed by atoms with van der Waals surface area (Å²) in [5, 5.41) is 1.29. The number of nitrogens with zero attached hydrogens (tertiary/aromatic N) is 2. The highest BCUT2D eigenvalue weighted by atomic mass is 32.1. The monoisotopic (exact) mass is 542 g/mol. The molecule has 4 heteroatoms. The SMILES string of the molecule is O=C1c2sc(C3CCCCCCCCCCCC3)nc2CCN1C1CCCCCCCCCCCCCC1. The minimum Gasteiger partial charge on any atom is -0.335 e. The lowest BCUT2D eigenvalue weighted by atomic mass is 9.95. The molecule has 3 nitrogen and oxygen atoms in total. The molecule has 0 radical (unpaired) electrons. The molecule has 1 aromatic heterocycles. The van der Waals surface area contributed by atoms with Crippen molar-refractivity contribution >= 4 is 17.2 Å². The Kier molecular flexibility index (Phi) is 14.0. The Morgan fingerprint density at radius 2 is 0.947 bits per heavy atom. The van der Waals surface area contributed by atoms with Crippen molar-refractivity contribution in [2.45, 2.75) is 185 Å². The number of fused-ring (bicyclic) bond motifs is 1. The van der Waals surface area contributed by atoms with Crippen molar-refractivity contribution < 1.29 is 4.79 Å². The molecular formula is C34H58N2OS. The number of hydrogen-bond donors (Lipinski definition) is 0. The fraction of sp³-hybridized carbons (Fsp3) is 0.882. The van der Waals surface area contributed by atoms with E-state index < -0.39 is 0 Å². The van der Waals surface area contributed by atoms with E-state index in [0.717, 1.165) is 23.5 Å². The molecule has 2 aliphatic carbocycles. The summed E-state index contributed by atoms with van der Waals surface area (Å²) in [5.74, 6) is 0.897. The molecule has 0 atom stereocenters. The van der Waals surface area contributed by atoms with E-state index in [9.17, 15) is 4.79 Å². The molecule has 0 bridgehead atoms. The van der Waals surface area contributed by atoms with Crippen LogP contribution < -0.4 is 0 Å². The lowest BCUT2D eigenvalue weighted by Crippen LogP contribution is -2.44. The first kappa shape index (κ1) is 30.1. The first-order valence-electron chi connectivity index (χ1n) is 17.1. The molecule has 4 rings (SSSR count). The number of hydrogen-bond acceptors (Lipinski definition) is 3. The highest BCUT2D eigenvalue weighted by molar-refractivity contribution is 7.13. The highest BCUT2D eigenvalue weighted by Crippen LogP contribution is 2.36. The van der Waals surface area contributed by atoms with E-state index >= 15 is 0 Å². The van der Waals surface area contributed by atoms with Crippen molar-refractivity contribution in [2.75, 3.05) is 6.54 Å². The van der Waals surface area contributed by atoms with E-state index in [4.69, 9.17) is 4.98 Å². The zero-order valence-electron chi connectivity index (χ0n) is 24.7. The molecule has 0 aromatic carbocycles. The largest absolute Gasteiger partial charge is 0.335 e. The number of carbonyl (C=O) groups is 1. The highest BCUT2D eigenvalue weighted by Gasteiger charge is 2.33. The molecule has 38 heavy (non-hydrogen) atoms.